The molecular formula is C8H19NO3. The van der Waals surface area contributed by atoms with Gasteiger partial charge in [-0.2, -0.15) is 0 Å². The molecule has 1 unspecified atom stereocenters. The Morgan fingerprint density at radius 1 is 1.25 bits per heavy atom. The average molecular weight is 177 g/mol. The molecule has 0 rings (SSSR count). The molecule has 74 valence electrons. The number of aliphatic hydroxyl groups is 2. The van der Waals surface area contributed by atoms with Crippen LogP contribution in [0.3, 0.4) is 0 Å². The molecule has 0 saturated heterocycles. The van der Waals surface area contributed by atoms with Crippen molar-refractivity contribution in [3.63, 3.8) is 0 Å². The third-order valence-corrected chi connectivity index (χ3v) is 1.77. The van der Waals surface area contributed by atoms with Crippen LogP contribution in [0.2, 0.25) is 0 Å². The maximum Gasteiger partial charge on any atom is 0.0615 e. The summed E-state index contributed by atoms with van der Waals surface area (Å²) in [5, 5.41) is 20.6. The molecule has 1 atom stereocenters. The smallest absolute Gasteiger partial charge is 0.0615 e. The zero-order chi connectivity index (χ0) is 9.40. The van der Waals surface area contributed by atoms with Crippen molar-refractivity contribution in [2.75, 3.05) is 26.9 Å². The van der Waals surface area contributed by atoms with Gasteiger partial charge in [-0.1, -0.05) is 6.92 Å². The lowest BCUT2D eigenvalue weighted by Crippen LogP contribution is -2.44. The van der Waals surface area contributed by atoms with Gasteiger partial charge in [-0.15, -0.1) is 0 Å². The van der Waals surface area contributed by atoms with Gasteiger partial charge in [0.1, 0.15) is 0 Å². The number of aliphatic hydroxyl groups excluding tert-OH is 2. The van der Waals surface area contributed by atoms with Crippen LogP contribution < -0.4 is 5.32 Å². The molecule has 0 radical (unpaired) electrons. The van der Waals surface area contributed by atoms with E-state index in [0.29, 0.717) is 6.61 Å². The minimum Gasteiger partial charge on any atom is -0.395 e. The highest BCUT2D eigenvalue weighted by Gasteiger charge is 2.11. The molecule has 0 aliphatic carbocycles. The summed E-state index contributed by atoms with van der Waals surface area (Å²) in [6, 6.07) is -0.0237. The van der Waals surface area contributed by atoms with E-state index in [4.69, 9.17) is 14.9 Å². The van der Waals surface area contributed by atoms with Gasteiger partial charge < -0.3 is 20.3 Å². The zero-order valence-electron chi connectivity index (χ0n) is 7.79. The summed E-state index contributed by atoms with van der Waals surface area (Å²) in [6.45, 7) is 2.54. The molecule has 0 bridgehead atoms. The first kappa shape index (κ1) is 11.8. The van der Waals surface area contributed by atoms with Gasteiger partial charge >= 0.3 is 0 Å². The SMILES string of the molecule is CCC(COC)NC(CO)CO. The maximum atomic E-state index is 8.78. The van der Waals surface area contributed by atoms with Gasteiger partial charge in [0.05, 0.1) is 25.9 Å². The van der Waals surface area contributed by atoms with Crippen LogP contribution in [0.4, 0.5) is 0 Å². The molecule has 4 nitrogen and oxygen atoms in total. The third kappa shape index (κ3) is 4.66. The van der Waals surface area contributed by atoms with Crippen molar-refractivity contribution < 1.29 is 14.9 Å². The van der Waals surface area contributed by atoms with E-state index in [1.54, 1.807) is 7.11 Å². The summed E-state index contributed by atoms with van der Waals surface area (Å²) >= 11 is 0. The minimum atomic E-state index is -0.231. The van der Waals surface area contributed by atoms with E-state index in [1.807, 2.05) is 6.92 Å². The number of rotatable bonds is 7. The van der Waals surface area contributed by atoms with Gasteiger partial charge in [0.15, 0.2) is 0 Å². The van der Waals surface area contributed by atoms with Crippen molar-refractivity contribution in [3.05, 3.63) is 0 Å². The molecule has 0 saturated carbocycles. The molecule has 0 aliphatic rings. The van der Waals surface area contributed by atoms with Crippen LogP contribution in [0.15, 0.2) is 0 Å². The zero-order valence-corrected chi connectivity index (χ0v) is 7.79. The van der Waals surface area contributed by atoms with Gasteiger partial charge in [-0.3, -0.25) is 0 Å². The highest BCUT2D eigenvalue weighted by Crippen LogP contribution is 1.93. The fourth-order valence-corrected chi connectivity index (χ4v) is 0.981. The van der Waals surface area contributed by atoms with E-state index in [-0.39, 0.29) is 25.3 Å². The van der Waals surface area contributed by atoms with E-state index in [9.17, 15) is 0 Å². The highest BCUT2D eigenvalue weighted by atomic mass is 16.5. The fourth-order valence-electron chi connectivity index (χ4n) is 0.981. The Bertz CT molecular complexity index is 96.3. The van der Waals surface area contributed by atoms with Crippen molar-refractivity contribution in [2.45, 2.75) is 25.4 Å². The Morgan fingerprint density at radius 3 is 2.17 bits per heavy atom. The molecule has 12 heavy (non-hydrogen) atoms. The second-order valence-electron chi connectivity index (χ2n) is 2.79. The fraction of sp³-hybridized carbons (Fsp3) is 1.00. The van der Waals surface area contributed by atoms with Crippen molar-refractivity contribution in [1.29, 1.82) is 0 Å². The van der Waals surface area contributed by atoms with E-state index < -0.39 is 0 Å². The highest BCUT2D eigenvalue weighted by molar-refractivity contribution is 4.71. The van der Waals surface area contributed by atoms with E-state index >= 15 is 0 Å². The number of methoxy groups -OCH3 is 1. The standard InChI is InChI=1S/C8H19NO3/c1-3-7(6-12-2)9-8(4-10)5-11/h7-11H,3-6H2,1-2H3. The molecule has 0 spiro atoms. The van der Waals surface area contributed by atoms with Crippen LogP contribution in [0, 0.1) is 0 Å². The molecule has 0 aliphatic heterocycles. The Kier molecular flexibility index (Phi) is 7.39. The van der Waals surface area contributed by atoms with Crippen LogP contribution in [-0.4, -0.2) is 49.2 Å². The second-order valence-corrected chi connectivity index (χ2v) is 2.79. The second kappa shape index (κ2) is 7.49. The first-order valence-electron chi connectivity index (χ1n) is 4.25. The largest absolute Gasteiger partial charge is 0.395 e. The predicted octanol–water partition coefficient (Wildman–Crippen LogP) is -0.646. The summed E-state index contributed by atoms with van der Waals surface area (Å²) in [5.74, 6) is 0. The van der Waals surface area contributed by atoms with Crippen LogP contribution in [0.25, 0.3) is 0 Å². The lowest BCUT2D eigenvalue weighted by Gasteiger charge is -2.21. The minimum absolute atomic E-state index is 0.0449. The molecule has 0 aromatic rings. The third-order valence-electron chi connectivity index (χ3n) is 1.77. The van der Waals surface area contributed by atoms with Gasteiger partial charge in [0, 0.05) is 13.2 Å². The lowest BCUT2D eigenvalue weighted by atomic mass is 10.2. The van der Waals surface area contributed by atoms with Crippen LogP contribution >= 0.6 is 0 Å². The maximum absolute atomic E-state index is 8.78. The monoisotopic (exact) mass is 177 g/mol. The predicted molar refractivity (Wildman–Crippen MR) is 47.1 cm³/mol. The summed E-state index contributed by atoms with van der Waals surface area (Å²) < 4.78 is 4.96. The summed E-state index contributed by atoms with van der Waals surface area (Å²) in [4.78, 5) is 0. The topological polar surface area (TPSA) is 61.7 Å². The number of hydrogen-bond donors (Lipinski definition) is 3. The van der Waals surface area contributed by atoms with Gasteiger partial charge in [0.25, 0.3) is 0 Å². The summed E-state index contributed by atoms with van der Waals surface area (Å²) in [7, 11) is 1.64. The van der Waals surface area contributed by atoms with E-state index in [0.717, 1.165) is 6.42 Å². The average Bonchev–Trinajstić information content (AvgIpc) is 2.12. The molecule has 0 amide bonds. The first-order valence-corrected chi connectivity index (χ1v) is 4.25. The molecule has 0 aromatic heterocycles. The molecule has 0 heterocycles. The molecule has 0 aromatic carbocycles. The van der Waals surface area contributed by atoms with E-state index in [2.05, 4.69) is 5.32 Å². The quantitative estimate of drug-likeness (QED) is 0.484. The number of ether oxygens (including phenoxy) is 1. The van der Waals surface area contributed by atoms with Crippen molar-refractivity contribution in [3.8, 4) is 0 Å². The summed E-state index contributed by atoms with van der Waals surface area (Å²) in [6.07, 6.45) is 0.921. The van der Waals surface area contributed by atoms with Gasteiger partial charge in [-0.25, -0.2) is 0 Å². The van der Waals surface area contributed by atoms with Crippen molar-refractivity contribution >= 4 is 0 Å². The molecule has 3 N–H and O–H groups in total. The lowest BCUT2D eigenvalue weighted by molar-refractivity contribution is 0.123. The first-order chi connectivity index (χ1) is 5.78. The Labute approximate surface area is 73.5 Å². The van der Waals surface area contributed by atoms with E-state index in [1.165, 1.54) is 0 Å². The summed E-state index contributed by atoms with van der Waals surface area (Å²) in [5.41, 5.74) is 0. The Balaban J connectivity index is 3.65. The van der Waals surface area contributed by atoms with Crippen LogP contribution in [-0.2, 0) is 4.74 Å². The normalized spacial score (nSPS) is 13.8. The Hall–Kier alpha value is -0.160. The van der Waals surface area contributed by atoms with Crippen LogP contribution in [0.5, 0.6) is 0 Å². The van der Waals surface area contributed by atoms with Crippen LogP contribution in [0.1, 0.15) is 13.3 Å². The molecule has 0 fully saturated rings. The van der Waals surface area contributed by atoms with Gasteiger partial charge in [-0.05, 0) is 6.42 Å². The Morgan fingerprint density at radius 2 is 1.83 bits per heavy atom. The van der Waals surface area contributed by atoms with Crippen molar-refractivity contribution in [1.82, 2.24) is 5.32 Å². The number of nitrogens with one attached hydrogen (secondary N) is 1. The number of hydrogen-bond acceptors (Lipinski definition) is 4. The molecule has 4 heteroatoms. The van der Waals surface area contributed by atoms with Crippen molar-refractivity contribution in [2.24, 2.45) is 0 Å². The molecular weight excluding hydrogens is 158 g/mol. The van der Waals surface area contributed by atoms with Gasteiger partial charge in [0.2, 0.25) is 0 Å².